The van der Waals surface area contributed by atoms with Crippen molar-refractivity contribution in [3.63, 3.8) is 0 Å². The van der Waals surface area contributed by atoms with Crippen LogP contribution in [0.3, 0.4) is 0 Å². The van der Waals surface area contributed by atoms with Gasteiger partial charge in [0.1, 0.15) is 0 Å². The minimum Gasteiger partial charge on any atom is -0.341 e. The monoisotopic (exact) mass is 252 g/mol. The molecule has 3 nitrogen and oxygen atoms in total. The van der Waals surface area contributed by atoms with Gasteiger partial charge in [-0.25, -0.2) is 0 Å². The predicted molar refractivity (Wildman–Crippen MR) is 74.4 cm³/mol. The molecule has 0 aromatic rings. The van der Waals surface area contributed by atoms with E-state index in [1.54, 1.807) is 0 Å². The molecule has 0 aromatic carbocycles. The van der Waals surface area contributed by atoms with E-state index in [0.717, 1.165) is 18.9 Å². The molecule has 2 atom stereocenters. The molecular formula is C15H28N2O. The predicted octanol–water partition coefficient (Wildman–Crippen LogP) is 2.56. The van der Waals surface area contributed by atoms with Crippen molar-refractivity contribution in [3.8, 4) is 0 Å². The number of rotatable bonds is 3. The van der Waals surface area contributed by atoms with E-state index in [4.69, 9.17) is 0 Å². The Bertz CT molecular complexity index is 270. The Hall–Kier alpha value is -0.570. The van der Waals surface area contributed by atoms with Crippen molar-refractivity contribution in [1.82, 2.24) is 10.2 Å². The number of carbonyl (C=O) groups is 1. The molecule has 2 rings (SSSR count). The van der Waals surface area contributed by atoms with Gasteiger partial charge in [-0.2, -0.15) is 0 Å². The fraction of sp³-hybridized carbons (Fsp3) is 0.933. The Balaban J connectivity index is 1.88. The molecule has 2 unspecified atom stereocenters. The van der Waals surface area contributed by atoms with Gasteiger partial charge in [0.25, 0.3) is 0 Å². The van der Waals surface area contributed by atoms with Gasteiger partial charge in [-0.3, -0.25) is 4.79 Å². The van der Waals surface area contributed by atoms with Crippen LogP contribution in [0.4, 0.5) is 0 Å². The lowest BCUT2D eigenvalue weighted by atomic mass is 9.89. The quantitative estimate of drug-likeness (QED) is 0.837. The average Bonchev–Trinajstić information content (AvgIpc) is 2.46. The molecule has 1 heterocycles. The number of hydrogen-bond donors (Lipinski definition) is 1. The van der Waals surface area contributed by atoms with Crippen LogP contribution in [0.2, 0.25) is 0 Å². The molecule has 1 aliphatic heterocycles. The lowest BCUT2D eigenvalue weighted by Crippen LogP contribution is -2.52. The first-order valence-electron chi connectivity index (χ1n) is 7.72. The fourth-order valence-corrected chi connectivity index (χ4v) is 3.45. The minimum absolute atomic E-state index is 0.0793. The van der Waals surface area contributed by atoms with Crippen molar-refractivity contribution in [2.24, 2.45) is 5.92 Å². The second-order valence-electron chi connectivity index (χ2n) is 6.05. The number of piperidine rings is 1. The summed E-state index contributed by atoms with van der Waals surface area (Å²) in [6.45, 7) is 3.25. The summed E-state index contributed by atoms with van der Waals surface area (Å²) < 4.78 is 0. The van der Waals surface area contributed by atoms with E-state index >= 15 is 0 Å². The molecule has 3 heteroatoms. The maximum absolute atomic E-state index is 12.5. The van der Waals surface area contributed by atoms with Gasteiger partial charge in [0.2, 0.25) is 5.91 Å². The van der Waals surface area contributed by atoms with Crippen LogP contribution in [0.25, 0.3) is 0 Å². The van der Waals surface area contributed by atoms with E-state index in [1.165, 1.54) is 44.9 Å². The topological polar surface area (TPSA) is 32.3 Å². The van der Waals surface area contributed by atoms with Gasteiger partial charge in [0.15, 0.2) is 0 Å². The molecule has 1 N–H and O–H groups in total. The van der Waals surface area contributed by atoms with Crippen LogP contribution in [0.1, 0.15) is 58.3 Å². The van der Waals surface area contributed by atoms with Crippen LogP contribution >= 0.6 is 0 Å². The average molecular weight is 252 g/mol. The van der Waals surface area contributed by atoms with Gasteiger partial charge in [-0.1, -0.05) is 32.6 Å². The van der Waals surface area contributed by atoms with Crippen LogP contribution < -0.4 is 5.32 Å². The lowest BCUT2D eigenvalue weighted by molar-refractivity contribution is -0.135. The molecule has 18 heavy (non-hydrogen) atoms. The molecule has 2 aliphatic rings. The van der Waals surface area contributed by atoms with Crippen LogP contribution in [0.15, 0.2) is 0 Å². The standard InChI is InChI=1S/C15H28N2O/c1-3-12-9-10-16-14(11-12)15(18)17(2)13-7-5-4-6-8-13/h12-14,16H,3-11H2,1-2H3. The Labute approximate surface area is 111 Å². The van der Waals surface area contributed by atoms with Gasteiger partial charge >= 0.3 is 0 Å². The van der Waals surface area contributed by atoms with E-state index < -0.39 is 0 Å². The molecule has 0 spiro atoms. The molecular weight excluding hydrogens is 224 g/mol. The minimum atomic E-state index is 0.0793. The van der Waals surface area contributed by atoms with E-state index in [-0.39, 0.29) is 6.04 Å². The molecule has 1 saturated carbocycles. The molecule has 2 fully saturated rings. The van der Waals surface area contributed by atoms with Crippen molar-refractivity contribution in [1.29, 1.82) is 0 Å². The van der Waals surface area contributed by atoms with Crippen molar-refractivity contribution >= 4 is 5.91 Å². The molecule has 0 radical (unpaired) electrons. The zero-order valence-electron chi connectivity index (χ0n) is 12.0. The highest BCUT2D eigenvalue weighted by Gasteiger charge is 2.31. The second-order valence-corrected chi connectivity index (χ2v) is 6.05. The summed E-state index contributed by atoms with van der Waals surface area (Å²) in [4.78, 5) is 14.6. The van der Waals surface area contributed by atoms with Crippen LogP contribution in [-0.2, 0) is 4.79 Å². The Morgan fingerprint density at radius 3 is 2.61 bits per heavy atom. The molecule has 1 aliphatic carbocycles. The molecule has 0 bridgehead atoms. The Morgan fingerprint density at radius 2 is 1.94 bits per heavy atom. The van der Waals surface area contributed by atoms with Gasteiger partial charge in [-0.15, -0.1) is 0 Å². The van der Waals surface area contributed by atoms with E-state index in [1.807, 2.05) is 11.9 Å². The fourth-order valence-electron chi connectivity index (χ4n) is 3.45. The van der Waals surface area contributed by atoms with Crippen molar-refractivity contribution in [3.05, 3.63) is 0 Å². The zero-order valence-corrected chi connectivity index (χ0v) is 12.0. The number of nitrogens with one attached hydrogen (secondary N) is 1. The van der Waals surface area contributed by atoms with Gasteiger partial charge in [0.05, 0.1) is 6.04 Å². The smallest absolute Gasteiger partial charge is 0.239 e. The molecule has 1 amide bonds. The number of likely N-dealkylation sites (N-methyl/N-ethyl adjacent to an activating group) is 1. The summed E-state index contributed by atoms with van der Waals surface area (Å²) in [6, 6.07) is 0.575. The molecule has 0 aromatic heterocycles. The zero-order chi connectivity index (χ0) is 13.0. The number of hydrogen-bond acceptors (Lipinski definition) is 2. The lowest BCUT2D eigenvalue weighted by Gasteiger charge is -2.36. The first-order valence-corrected chi connectivity index (χ1v) is 7.72. The summed E-state index contributed by atoms with van der Waals surface area (Å²) in [5.41, 5.74) is 0. The van der Waals surface area contributed by atoms with Crippen LogP contribution in [0, 0.1) is 5.92 Å². The Morgan fingerprint density at radius 1 is 1.22 bits per heavy atom. The SMILES string of the molecule is CCC1CCNC(C(=O)N(C)C2CCCCC2)C1. The van der Waals surface area contributed by atoms with Gasteiger partial charge < -0.3 is 10.2 Å². The summed E-state index contributed by atoms with van der Waals surface area (Å²) in [6.07, 6.45) is 9.80. The van der Waals surface area contributed by atoms with Crippen LogP contribution in [0.5, 0.6) is 0 Å². The van der Waals surface area contributed by atoms with E-state index in [0.29, 0.717) is 11.9 Å². The first-order chi connectivity index (χ1) is 8.72. The third-order valence-electron chi connectivity index (χ3n) is 4.86. The highest BCUT2D eigenvalue weighted by molar-refractivity contribution is 5.82. The Kier molecular flexibility index (Phi) is 5.04. The summed E-state index contributed by atoms with van der Waals surface area (Å²) in [5.74, 6) is 1.07. The number of carbonyl (C=O) groups excluding carboxylic acids is 1. The summed E-state index contributed by atoms with van der Waals surface area (Å²) >= 11 is 0. The molecule has 1 saturated heterocycles. The van der Waals surface area contributed by atoms with E-state index in [2.05, 4.69) is 12.2 Å². The second kappa shape index (κ2) is 6.55. The number of nitrogens with zero attached hydrogens (tertiary/aromatic N) is 1. The first kappa shape index (κ1) is 13.9. The van der Waals surface area contributed by atoms with Gasteiger partial charge in [-0.05, 0) is 38.1 Å². The maximum Gasteiger partial charge on any atom is 0.239 e. The summed E-state index contributed by atoms with van der Waals surface area (Å²) in [5, 5.41) is 3.41. The normalized spacial score (nSPS) is 30.1. The number of amides is 1. The molecule has 104 valence electrons. The largest absolute Gasteiger partial charge is 0.341 e. The van der Waals surface area contributed by atoms with Crippen LogP contribution in [-0.4, -0.2) is 36.5 Å². The third kappa shape index (κ3) is 3.25. The van der Waals surface area contributed by atoms with Crippen molar-refractivity contribution < 1.29 is 4.79 Å². The maximum atomic E-state index is 12.5. The summed E-state index contributed by atoms with van der Waals surface area (Å²) in [7, 11) is 2.01. The van der Waals surface area contributed by atoms with Crippen molar-refractivity contribution in [2.75, 3.05) is 13.6 Å². The van der Waals surface area contributed by atoms with E-state index in [9.17, 15) is 4.79 Å². The highest BCUT2D eigenvalue weighted by atomic mass is 16.2. The highest BCUT2D eigenvalue weighted by Crippen LogP contribution is 2.24. The third-order valence-corrected chi connectivity index (χ3v) is 4.86. The van der Waals surface area contributed by atoms with Gasteiger partial charge in [0, 0.05) is 13.1 Å². The van der Waals surface area contributed by atoms with Crippen molar-refractivity contribution in [2.45, 2.75) is 70.4 Å².